The lowest BCUT2D eigenvalue weighted by Gasteiger charge is -2.47. The summed E-state index contributed by atoms with van der Waals surface area (Å²) in [5.74, 6) is 0.106. The average Bonchev–Trinajstić information content (AvgIpc) is 2.97. The van der Waals surface area contributed by atoms with Crippen LogP contribution >= 0.6 is 0 Å². The van der Waals surface area contributed by atoms with E-state index in [1.807, 2.05) is 11.8 Å². The normalized spacial score (nSPS) is 22.0. The number of hydrogen-bond donors (Lipinski definition) is 2. The summed E-state index contributed by atoms with van der Waals surface area (Å²) in [6.45, 7) is 6.07. The lowest BCUT2D eigenvalue weighted by atomic mass is 9.72. The summed E-state index contributed by atoms with van der Waals surface area (Å²) in [6, 6.07) is 1.77. The molecule has 0 saturated carbocycles. The number of likely N-dealkylation sites (tertiary alicyclic amines) is 2. The van der Waals surface area contributed by atoms with Gasteiger partial charge in [0.1, 0.15) is 5.69 Å². The Labute approximate surface area is 142 Å². The number of amides is 2. The minimum atomic E-state index is -0.506. The summed E-state index contributed by atoms with van der Waals surface area (Å²) < 4.78 is 0. The van der Waals surface area contributed by atoms with E-state index in [1.165, 1.54) is 0 Å². The van der Waals surface area contributed by atoms with Gasteiger partial charge in [0.25, 0.3) is 5.91 Å². The summed E-state index contributed by atoms with van der Waals surface area (Å²) in [5, 5.41) is 16.5. The first kappa shape index (κ1) is 17.0. The first-order valence-corrected chi connectivity index (χ1v) is 8.66. The smallest absolute Gasteiger partial charge is 0.274 e. The van der Waals surface area contributed by atoms with Crippen LogP contribution in [-0.4, -0.2) is 69.2 Å². The first-order valence-electron chi connectivity index (χ1n) is 8.66. The maximum Gasteiger partial charge on any atom is 0.274 e. The Morgan fingerprint density at radius 3 is 2.71 bits per heavy atom. The SMILES string of the molecule is Cc1cc(C(=O)N2CCC3(CCC(=O)N(C[C@@H](C)O)C3)CC2)n[nH]1. The molecule has 24 heavy (non-hydrogen) atoms. The van der Waals surface area contributed by atoms with Crippen LogP contribution in [0.4, 0.5) is 0 Å². The number of aromatic nitrogens is 2. The van der Waals surface area contributed by atoms with Gasteiger partial charge in [0.2, 0.25) is 5.91 Å². The molecule has 132 valence electrons. The van der Waals surface area contributed by atoms with E-state index >= 15 is 0 Å². The fourth-order valence-corrected chi connectivity index (χ4v) is 3.87. The van der Waals surface area contributed by atoms with Crippen molar-refractivity contribution in [2.75, 3.05) is 26.2 Å². The lowest BCUT2D eigenvalue weighted by molar-refractivity contribution is -0.140. The molecule has 2 saturated heterocycles. The van der Waals surface area contributed by atoms with Crippen molar-refractivity contribution in [2.45, 2.75) is 45.6 Å². The Kier molecular flexibility index (Phi) is 4.62. The van der Waals surface area contributed by atoms with Crippen molar-refractivity contribution in [2.24, 2.45) is 5.41 Å². The molecule has 1 aromatic rings. The summed E-state index contributed by atoms with van der Waals surface area (Å²) in [7, 11) is 0. The van der Waals surface area contributed by atoms with Crippen LogP contribution < -0.4 is 0 Å². The fraction of sp³-hybridized carbons (Fsp3) is 0.706. The molecule has 0 aromatic carbocycles. The third kappa shape index (κ3) is 3.45. The zero-order valence-corrected chi connectivity index (χ0v) is 14.4. The van der Waals surface area contributed by atoms with Gasteiger partial charge in [0, 0.05) is 38.3 Å². The molecule has 3 rings (SSSR count). The molecular formula is C17H26N4O3. The molecule has 2 fully saturated rings. The Hall–Kier alpha value is -1.89. The van der Waals surface area contributed by atoms with E-state index < -0.39 is 6.10 Å². The largest absolute Gasteiger partial charge is 0.392 e. The predicted octanol–water partition coefficient (Wildman–Crippen LogP) is 0.944. The number of aliphatic hydroxyl groups is 1. The van der Waals surface area contributed by atoms with Gasteiger partial charge in [-0.25, -0.2) is 0 Å². The molecule has 7 heteroatoms. The van der Waals surface area contributed by atoms with Crippen LogP contribution in [0.5, 0.6) is 0 Å². The highest BCUT2D eigenvalue weighted by molar-refractivity contribution is 5.92. The molecule has 0 aliphatic carbocycles. The lowest BCUT2D eigenvalue weighted by Crippen LogP contribution is -2.53. The van der Waals surface area contributed by atoms with Gasteiger partial charge in [-0.1, -0.05) is 0 Å². The highest BCUT2D eigenvalue weighted by Crippen LogP contribution is 2.40. The first-order chi connectivity index (χ1) is 11.4. The number of carbonyl (C=O) groups is 2. The van der Waals surface area contributed by atoms with Gasteiger partial charge in [-0.15, -0.1) is 0 Å². The van der Waals surface area contributed by atoms with E-state index in [0.29, 0.717) is 38.3 Å². The second-order valence-corrected chi connectivity index (χ2v) is 7.35. The van der Waals surface area contributed by atoms with Gasteiger partial charge in [0.15, 0.2) is 0 Å². The standard InChI is InChI=1S/C17H26N4O3/c1-12-9-14(19-18-12)16(24)20-7-5-17(6-8-20)4-3-15(23)21(11-17)10-13(2)22/h9,13,22H,3-8,10-11H2,1-2H3,(H,18,19)/t13-/m1/s1. The molecule has 7 nitrogen and oxygen atoms in total. The van der Waals surface area contributed by atoms with Crippen LogP contribution in [0.1, 0.15) is 48.8 Å². The Morgan fingerprint density at radius 2 is 2.12 bits per heavy atom. The summed E-state index contributed by atoms with van der Waals surface area (Å²) in [5.41, 5.74) is 1.44. The van der Waals surface area contributed by atoms with Crippen LogP contribution in [0.25, 0.3) is 0 Å². The molecule has 3 heterocycles. The summed E-state index contributed by atoms with van der Waals surface area (Å²) in [4.78, 5) is 28.2. The summed E-state index contributed by atoms with van der Waals surface area (Å²) >= 11 is 0. The average molecular weight is 334 g/mol. The van der Waals surface area contributed by atoms with Crippen LogP contribution in [-0.2, 0) is 4.79 Å². The zero-order chi connectivity index (χ0) is 17.3. The van der Waals surface area contributed by atoms with Crippen LogP contribution in [0.3, 0.4) is 0 Å². The molecule has 1 atom stereocenters. The molecule has 0 unspecified atom stereocenters. The van der Waals surface area contributed by atoms with Crippen molar-refractivity contribution >= 4 is 11.8 Å². The topological polar surface area (TPSA) is 89.5 Å². The molecule has 2 amide bonds. The van der Waals surface area contributed by atoms with Crippen molar-refractivity contribution in [1.82, 2.24) is 20.0 Å². The molecule has 1 aromatic heterocycles. The third-order valence-electron chi connectivity index (χ3n) is 5.27. The van der Waals surface area contributed by atoms with Crippen molar-refractivity contribution in [3.05, 3.63) is 17.5 Å². The van der Waals surface area contributed by atoms with E-state index in [2.05, 4.69) is 10.2 Å². The second kappa shape index (κ2) is 6.55. The number of rotatable bonds is 3. The number of hydrogen-bond acceptors (Lipinski definition) is 4. The number of piperidine rings is 2. The quantitative estimate of drug-likeness (QED) is 0.861. The van der Waals surface area contributed by atoms with E-state index in [0.717, 1.165) is 25.0 Å². The van der Waals surface area contributed by atoms with Gasteiger partial charge in [-0.05, 0) is 44.6 Å². The zero-order valence-electron chi connectivity index (χ0n) is 14.4. The van der Waals surface area contributed by atoms with E-state index in [-0.39, 0.29) is 17.2 Å². The van der Waals surface area contributed by atoms with Crippen LogP contribution in [0, 0.1) is 12.3 Å². The Balaban J connectivity index is 1.61. The summed E-state index contributed by atoms with van der Waals surface area (Å²) in [6.07, 6.45) is 2.70. The number of aryl methyl sites for hydroxylation is 1. The minimum absolute atomic E-state index is 0.0260. The Bertz CT molecular complexity index is 617. The van der Waals surface area contributed by atoms with Crippen molar-refractivity contribution in [3.8, 4) is 0 Å². The number of nitrogens with one attached hydrogen (secondary N) is 1. The predicted molar refractivity (Wildman–Crippen MR) is 88.4 cm³/mol. The molecule has 0 radical (unpaired) electrons. The fourth-order valence-electron chi connectivity index (χ4n) is 3.87. The maximum absolute atomic E-state index is 12.5. The van der Waals surface area contributed by atoms with Gasteiger partial charge in [0.05, 0.1) is 6.10 Å². The molecule has 2 aliphatic heterocycles. The highest BCUT2D eigenvalue weighted by atomic mass is 16.3. The molecule has 0 bridgehead atoms. The Morgan fingerprint density at radius 1 is 1.42 bits per heavy atom. The van der Waals surface area contributed by atoms with Crippen LogP contribution in [0.15, 0.2) is 6.07 Å². The number of nitrogens with zero attached hydrogens (tertiary/aromatic N) is 3. The van der Waals surface area contributed by atoms with Gasteiger partial charge in [-0.2, -0.15) is 5.10 Å². The number of aromatic amines is 1. The number of carbonyl (C=O) groups excluding carboxylic acids is 2. The molecule has 1 spiro atoms. The molecule has 2 N–H and O–H groups in total. The van der Waals surface area contributed by atoms with E-state index in [1.54, 1.807) is 17.9 Å². The monoisotopic (exact) mass is 334 g/mol. The second-order valence-electron chi connectivity index (χ2n) is 7.35. The molecule has 2 aliphatic rings. The van der Waals surface area contributed by atoms with E-state index in [9.17, 15) is 14.7 Å². The number of aliphatic hydroxyl groups excluding tert-OH is 1. The maximum atomic E-state index is 12.5. The van der Waals surface area contributed by atoms with Crippen molar-refractivity contribution in [3.63, 3.8) is 0 Å². The number of H-pyrrole nitrogens is 1. The van der Waals surface area contributed by atoms with Crippen molar-refractivity contribution < 1.29 is 14.7 Å². The highest BCUT2D eigenvalue weighted by Gasteiger charge is 2.42. The van der Waals surface area contributed by atoms with Crippen molar-refractivity contribution in [1.29, 1.82) is 0 Å². The van der Waals surface area contributed by atoms with Crippen LogP contribution in [0.2, 0.25) is 0 Å². The van der Waals surface area contributed by atoms with Gasteiger partial charge in [-0.3, -0.25) is 14.7 Å². The van der Waals surface area contributed by atoms with Gasteiger partial charge < -0.3 is 14.9 Å². The molecular weight excluding hydrogens is 308 g/mol. The third-order valence-corrected chi connectivity index (χ3v) is 5.27. The van der Waals surface area contributed by atoms with Gasteiger partial charge >= 0.3 is 0 Å². The van der Waals surface area contributed by atoms with E-state index in [4.69, 9.17) is 0 Å². The number of β-amino-alcohol motifs (C(OH)–C–C–N with tert-alkyl or cyclic N) is 1. The minimum Gasteiger partial charge on any atom is -0.392 e.